The lowest BCUT2D eigenvalue weighted by atomic mass is 10.1. The molecule has 4 aromatic rings. The van der Waals surface area contributed by atoms with Crippen LogP contribution in [-0.4, -0.2) is 36.3 Å². The summed E-state index contributed by atoms with van der Waals surface area (Å²) in [7, 11) is 0. The number of hydrogen-bond acceptors (Lipinski definition) is 5. The molecule has 0 aliphatic carbocycles. The smallest absolute Gasteiger partial charge is 0.162 e. The van der Waals surface area contributed by atoms with Crippen LogP contribution in [0.25, 0.3) is 22.6 Å². The lowest BCUT2D eigenvalue weighted by Gasteiger charge is -2.28. The van der Waals surface area contributed by atoms with Gasteiger partial charge in [-0.05, 0) is 29.8 Å². The molecule has 1 aromatic heterocycles. The molecule has 0 amide bonds. The van der Waals surface area contributed by atoms with Crippen LogP contribution in [0.3, 0.4) is 0 Å². The number of anilines is 1. The molecule has 0 spiro atoms. The summed E-state index contributed by atoms with van der Waals surface area (Å²) in [6.45, 7) is 3.39. The highest BCUT2D eigenvalue weighted by molar-refractivity contribution is 6.42. The van der Waals surface area contributed by atoms with Crippen LogP contribution >= 0.6 is 23.2 Å². The highest BCUT2D eigenvalue weighted by Crippen LogP contribution is 2.31. The van der Waals surface area contributed by atoms with E-state index in [1.165, 1.54) is 0 Å². The summed E-state index contributed by atoms with van der Waals surface area (Å²) < 4.78 is 11.6. The summed E-state index contributed by atoms with van der Waals surface area (Å²) in [6, 6.07) is 25.5. The molecule has 1 aliphatic heterocycles. The van der Waals surface area contributed by atoms with E-state index in [2.05, 4.69) is 4.90 Å². The van der Waals surface area contributed by atoms with Gasteiger partial charge in [-0.15, -0.1) is 0 Å². The molecule has 5 rings (SSSR count). The Balaban J connectivity index is 1.50. The van der Waals surface area contributed by atoms with E-state index in [0.717, 1.165) is 47.0 Å². The topological polar surface area (TPSA) is 47.5 Å². The van der Waals surface area contributed by atoms with Crippen molar-refractivity contribution in [1.29, 1.82) is 0 Å². The van der Waals surface area contributed by atoms with E-state index in [1.54, 1.807) is 6.07 Å². The first-order valence-electron chi connectivity index (χ1n) is 11.1. The van der Waals surface area contributed by atoms with Crippen molar-refractivity contribution in [1.82, 2.24) is 9.97 Å². The van der Waals surface area contributed by atoms with Gasteiger partial charge in [-0.25, -0.2) is 9.97 Å². The van der Waals surface area contributed by atoms with Gasteiger partial charge in [-0.2, -0.15) is 0 Å². The first kappa shape index (κ1) is 22.7. The maximum atomic E-state index is 6.30. The maximum Gasteiger partial charge on any atom is 0.162 e. The number of aromatic nitrogens is 2. The molecule has 2 heterocycles. The third-order valence-electron chi connectivity index (χ3n) is 5.60. The summed E-state index contributed by atoms with van der Waals surface area (Å²) in [5, 5.41) is 1.000. The zero-order valence-corrected chi connectivity index (χ0v) is 20.0. The summed E-state index contributed by atoms with van der Waals surface area (Å²) in [5.41, 5.74) is 3.65. The molecule has 0 saturated carbocycles. The largest absolute Gasteiger partial charge is 0.489 e. The Morgan fingerprint density at radius 1 is 0.794 bits per heavy atom. The number of benzene rings is 3. The zero-order valence-electron chi connectivity index (χ0n) is 18.5. The van der Waals surface area contributed by atoms with Crippen molar-refractivity contribution in [2.75, 3.05) is 31.2 Å². The van der Waals surface area contributed by atoms with E-state index in [1.807, 2.05) is 72.8 Å². The second-order valence-corrected chi connectivity index (χ2v) is 8.78. The number of nitrogens with zero attached hydrogens (tertiary/aromatic N) is 3. The van der Waals surface area contributed by atoms with E-state index in [0.29, 0.717) is 35.7 Å². The van der Waals surface area contributed by atoms with Gasteiger partial charge >= 0.3 is 0 Å². The lowest BCUT2D eigenvalue weighted by Crippen LogP contribution is -2.36. The second-order valence-electron chi connectivity index (χ2n) is 7.97. The number of halogens is 2. The van der Waals surface area contributed by atoms with Crippen LogP contribution in [0, 0.1) is 0 Å². The standard InChI is InChI=1S/C27H23Cl2N3O2/c28-23-10-9-20(16-24(23)29)25-17-26(32-11-13-33-14-12-32)31-27(30-25)21-7-4-8-22(15-21)34-18-19-5-2-1-3-6-19/h1-10,15-17H,11-14,18H2. The lowest BCUT2D eigenvalue weighted by molar-refractivity contribution is 0.122. The summed E-state index contributed by atoms with van der Waals surface area (Å²) in [6.07, 6.45) is 0. The van der Waals surface area contributed by atoms with Gasteiger partial charge in [0.25, 0.3) is 0 Å². The second kappa shape index (κ2) is 10.4. The van der Waals surface area contributed by atoms with Gasteiger partial charge in [-0.1, -0.05) is 71.7 Å². The number of ether oxygens (including phenoxy) is 2. The Kier molecular flexibility index (Phi) is 6.95. The van der Waals surface area contributed by atoms with Crippen LogP contribution in [0.4, 0.5) is 5.82 Å². The van der Waals surface area contributed by atoms with E-state index in [9.17, 15) is 0 Å². The molecule has 3 aromatic carbocycles. The van der Waals surface area contributed by atoms with E-state index in [4.69, 9.17) is 42.6 Å². The van der Waals surface area contributed by atoms with E-state index in [-0.39, 0.29) is 0 Å². The molecule has 34 heavy (non-hydrogen) atoms. The minimum Gasteiger partial charge on any atom is -0.489 e. The van der Waals surface area contributed by atoms with Crippen molar-refractivity contribution in [2.24, 2.45) is 0 Å². The van der Waals surface area contributed by atoms with Crippen LogP contribution in [0.5, 0.6) is 5.75 Å². The first-order chi connectivity index (χ1) is 16.7. The predicted molar refractivity (Wildman–Crippen MR) is 137 cm³/mol. The van der Waals surface area contributed by atoms with Gasteiger partial charge in [0.1, 0.15) is 18.2 Å². The average Bonchev–Trinajstić information content (AvgIpc) is 2.90. The summed E-state index contributed by atoms with van der Waals surface area (Å²) in [5.74, 6) is 2.23. The first-order valence-corrected chi connectivity index (χ1v) is 11.9. The fraction of sp³-hybridized carbons (Fsp3) is 0.185. The summed E-state index contributed by atoms with van der Waals surface area (Å²) in [4.78, 5) is 12.0. The molecule has 7 heteroatoms. The van der Waals surface area contributed by atoms with Gasteiger partial charge in [0.15, 0.2) is 5.82 Å². The van der Waals surface area contributed by atoms with Crippen LogP contribution in [0.15, 0.2) is 78.9 Å². The molecular weight excluding hydrogens is 469 g/mol. The summed E-state index contributed by atoms with van der Waals surface area (Å²) >= 11 is 12.4. The zero-order chi connectivity index (χ0) is 23.3. The molecule has 1 aliphatic rings. The van der Waals surface area contributed by atoms with Crippen molar-refractivity contribution in [3.8, 4) is 28.4 Å². The Bertz CT molecular complexity index is 1280. The molecule has 172 valence electrons. The van der Waals surface area contributed by atoms with Crippen molar-refractivity contribution >= 4 is 29.0 Å². The minimum atomic E-state index is 0.489. The Labute approximate surface area is 208 Å². The van der Waals surface area contributed by atoms with Gasteiger partial charge in [-0.3, -0.25) is 0 Å². The van der Waals surface area contributed by atoms with Crippen LogP contribution < -0.4 is 9.64 Å². The Morgan fingerprint density at radius 3 is 2.41 bits per heavy atom. The highest BCUT2D eigenvalue weighted by Gasteiger charge is 2.17. The molecular formula is C27H23Cl2N3O2. The molecule has 1 fully saturated rings. The quantitative estimate of drug-likeness (QED) is 0.306. The molecule has 0 N–H and O–H groups in total. The minimum absolute atomic E-state index is 0.489. The average molecular weight is 492 g/mol. The number of rotatable bonds is 6. The number of morpholine rings is 1. The highest BCUT2D eigenvalue weighted by atomic mass is 35.5. The van der Waals surface area contributed by atoms with Gasteiger partial charge in [0.2, 0.25) is 0 Å². The fourth-order valence-corrected chi connectivity index (χ4v) is 4.09. The van der Waals surface area contributed by atoms with Gasteiger partial charge in [0.05, 0.1) is 29.0 Å². The third-order valence-corrected chi connectivity index (χ3v) is 6.34. The monoisotopic (exact) mass is 491 g/mol. The molecule has 0 bridgehead atoms. The molecule has 0 radical (unpaired) electrons. The fourth-order valence-electron chi connectivity index (χ4n) is 3.79. The Morgan fingerprint density at radius 2 is 1.62 bits per heavy atom. The molecule has 0 unspecified atom stereocenters. The van der Waals surface area contributed by atoms with E-state index < -0.39 is 0 Å². The Hall–Kier alpha value is -3.12. The van der Waals surface area contributed by atoms with Crippen LogP contribution in [0.1, 0.15) is 5.56 Å². The van der Waals surface area contributed by atoms with Crippen molar-refractivity contribution in [3.05, 3.63) is 94.5 Å². The van der Waals surface area contributed by atoms with E-state index >= 15 is 0 Å². The maximum absolute atomic E-state index is 6.30. The van der Waals surface area contributed by atoms with Crippen molar-refractivity contribution in [2.45, 2.75) is 6.61 Å². The van der Waals surface area contributed by atoms with Gasteiger partial charge in [0, 0.05) is 30.3 Å². The third kappa shape index (κ3) is 5.33. The van der Waals surface area contributed by atoms with Gasteiger partial charge < -0.3 is 14.4 Å². The van der Waals surface area contributed by atoms with Crippen LogP contribution in [-0.2, 0) is 11.3 Å². The molecule has 5 nitrogen and oxygen atoms in total. The van der Waals surface area contributed by atoms with Crippen molar-refractivity contribution < 1.29 is 9.47 Å². The number of hydrogen-bond donors (Lipinski definition) is 0. The molecule has 0 atom stereocenters. The van der Waals surface area contributed by atoms with Crippen LogP contribution in [0.2, 0.25) is 10.0 Å². The van der Waals surface area contributed by atoms with Crippen molar-refractivity contribution in [3.63, 3.8) is 0 Å². The molecule has 1 saturated heterocycles. The SMILES string of the molecule is Clc1ccc(-c2cc(N3CCOCC3)nc(-c3cccc(OCc4ccccc4)c3)n2)cc1Cl. The predicted octanol–water partition coefficient (Wildman–Crippen LogP) is 6.53. The normalized spacial score (nSPS) is 13.6.